The van der Waals surface area contributed by atoms with Gasteiger partial charge in [0.2, 0.25) is 5.91 Å². The van der Waals surface area contributed by atoms with Crippen LogP contribution in [0.2, 0.25) is 0 Å². The lowest BCUT2D eigenvalue weighted by Gasteiger charge is -2.24. The molecule has 6 heteroatoms. The lowest BCUT2D eigenvalue weighted by atomic mass is 10.2. The molecular weight excluding hydrogens is 342 g/mol. The van der Waals surface area contributed by atoms with Gasteiger partial charge in [-0.05, 0) is 49.6 Å². The first-order valence-corrected chi connectivity index (χ1v) is 9.12. The molecule has 2 aromatic rings. The van der Waals surface area contributed by atoms with Crippen LogP contribution in [-0.2, 0) is 11.3 Å². The summed E-state index contributed by atoms with van der Waals surface area (Å²) in [6.45, 7) is 3.00. The van der Waals surface area contributed by atoms with E-state index in [1.54, 1.807) is 12.0 Å². The second kappa shape index (κ2) is 8.58. The fourth-order valence-corrected chi connectivity index (χ4v) is 3.16. The number of carbonyl (C=O) groups excluding carboxylic acids is 2. The summed E-state index contributed by atoms with van der Waals surface area (Å²) < 4.78 is 5.13. The third-order valence-corrected chi connectivity index (χ3v) is 4.74. The number of nitrogens with zero attached hydrogens (tertiary/aromatic N) is 1. The Balaban J connectivity index is 1.56. The number of methoxy groups -OCH3 is 1. The SMILES string of the molecule is COc1ccc(CNC(=O)[C@@H]2CCCN2C(=O)Nc2ccc(C)cc2)cc1. The van der Waals surface area contributed by atoms with E-state index in [0.717, 1.165) is 29.0 Å². The van der Waals surface area contributed by atoms with Gasteiger partial charge in [0.1, 0.15) is 11.8 Å². The molecule has 0 radical (unpaired) electrons. The standard InChI is InChI=1S/C21H25N3O3/c1-15-5-9-17(10-6-15)23-21(26)24-13-3-4-19(24)20(25)22-14-16-7-11-18(27-2)12-8-16/h5-12,19H,3-4,13-14H2,1-2H3,(H,22,25)(H,23,26)/t19-/m0/s1. The molecule has 1 aliphatic heterocycles. The van der Waals surface area contributed by atoms with Gasteiger partial charge < -0.3 is 20.3 Å². The number of benzene rings is 2. The molecule has 1 fully saturated rings. The van der Waals surface area contributed by atoms with Crippen molar-refractivity contribution >= 4 is 17.6 Å². The molecule has 1 saturated heterocycles. The number of aryl methyl sites for hydroxylation is 1. The molecule has 0 aliphatic carbocycles. The second-order valence-electron chi connectivity index (χ2n) is 6.71. The minimum Gasteiger partial charge on any atom is -0.497 e. The van der Waals surface area contributed by atoms with Crippen LogP contribution in [0.1, 0.15) is 24.0 Å². The highest BCUT2D eigenvalue weighted by Crippen LogP contribution is 2.20. The Hall–Kier alpha value is -3.02. The molecule has 0 aromatic heterocycles. The van der Waals surface area contributed by atoms with Gasteiger partial charge in [0.15, 0.2) is 0 Å². The summed E-state index contributed by atoms with van der Waals surface area (Å²) in [5.74, 6) is 0.655. The summed E-state index contributed by atoms with van der Waals surface area (Å²) in [4.78, 5) is 26.8. The van der Waals surface area contributed by atoms with Crippen molar-refractivity contribution in [3.8, 4) is 5.75 Å². The zero-order valence-corrected chi connectivity index (χ0v) is 15.7. The van der Waals surface area contributed by atoms with Crippen molar-refractivity contribution in [3.63, 3.8) is 0 Å². The number of nitrogens with one attached hydrogen (secondary N) is 2. The predicted octanol–water partition coefficient (Wildman–Crippen LogP) is 3.32. The highest BCUT2D eigenvalue weighted by molar-refractivity contribution is 5.94. The molecule has 3 amide bonds. The van der Waals surface area contributed by atoms with E-state index in [1.165, 1.54) is 0 Å². The Bertz CT molecular complexity index is 787. The molecule has 2 N–H and O–H groups in total. The number of ether oxygens (including phenoxy) is 1. The Morgan fingerprint density at radius 3 is 2.48 bits per heavy atom. The fourth-order valence-electron chi connectivity index (χ4n) is 3.16. The van der Waals surface area contributed by atoms with Crippen LogP contribution in [0.3, 0.4) is 0 Å². The molecule has 27 heavy (non-hydrogen) atoms. The van der Waals surface area contributed by atoms with Gasteiger partial charge in [0, 0.05) is 18.8 Å². The number of carbonyl (C=O) groups is 2. The third-order valence-electron chi connectivity index (χ3n) is 4.74. The largest absolute Gasteiger partial charge is 0.497 e. The van der Waals surface area contributed by atoms with Gasteiger partial charge in [-0.3, -0.25) is 4.79 Å². The Morgan fingerprint density at radius 2 is 1.81 bits per heavy atom. The molecular formula is C21H25N3O3. The number of rotatable bonds is 5. The first kappa shape index (κ1) is 18.8. The Kier molecular flexibility index (Phi) is 5.96. The van der Waals surface area contributed by atoms with Crippen LogP contribution in [0.15, 0.2) is 48.5 Å². The first-order chi connectivity index (χ1) is 13.1. The van der Waals surface area contributed by atoms with Gasteiger partial charge >= 0.3 is 6.03 Å². The molecule has 1 atom stereocenters. The van der Waals surface area contributed by atoms with Crippen molar-refractivity contribution in [1.82, 2.24) is 10.2 Å². The zero-order chi connectivity index (χ0) is 19.2. The van der Waals surface area contributed by atoms with Gasteiger partial charge in [0.05, 0.1) is 7.11 Å². The van der Waals surface area contributed by atoms with Crippen molar-refractivity contribution in [3.05, 3.63) is 59.7 Å². The van der Waals surface area contributed by atoms with E-state index in [0.29, 0.717) is 19.5 Å². The van der Waals surface area contributed by atoms with Gasteiger partial charge in [0.25, 0.3) is 0 Å². The minimum absolute atomic E-state index is 0.123. The molecule has 2 aromatic carbocycles. The van der Waals surface area contributed by atoms with Crippen molar-refractivity contribution < 1.29 is 14.3 Å². The van der Waals surface area contributed by atoms with Gasteiger partial charge in [-0.25, -0.2) is 4.79 Å². The number of urea groups is 1. The van der Waals surface area contributed by atoms with Gasteiger partial charge in [-0.1, -0.05) is 29.8 Å². The summed E-state index contributed by atoms with van der Waals surface area (Å²) in [5.41, 5.74) is 2.85. The summed E-state index contributed by atoms with van der Waals surface area (Å²) in [6.07, 6.45) is 1.50. The average molecular weight is 367 g/mol. The van der Waals surface area contributed by atoms with E-state index in [4.69, 9.17) is 4.74 Å². The first-order valence-electron chi connectivity index (χ1n) is 9.12. The van der Waals surface area contributed by atoms with Crippen molar-refractivity contribution in [2.24, 2.45) is 0 Å². The fraction of sp³-hybridized carbons (Fsp3) is 0.333. The molecule has 3 rings (SSSR count). The van der Waals surface area contributed by atoms with Crippen molar-refractivity contribution in [2.45, 2.75) is 32.4 Å². The molecule has 142 valence electrons. The van der Waals surface area contributed by atoms with E-state index >= 15 is 0 Å². The lowest BCUT2D eigenvalue weighted by Crippen LogP contribution is -2.47. The van der Waals surface area contributed by atoms with Crippen LogP contribution < -0.4 is 15.4 Å². The summed E-state index contributed by atoms with van der Waals surface area (Å²) in [7, 11) is 1.62. The van der Waals surface area contributed by atoms with Crippen molar-refractivity contribution in [1.29, 1.82) is 0 Å². The molecule has 0 unspecified atom stereocenters. The summed E-state index contributed by atoms with van der Waals surface area (Å²) in [5, 5.41) is 5.81. The number of hydrogen-bond acceptors (Lipinski definition) is 3. The van der Waals surface area contributed by atoms with Crippen LogP contribution in [-0.4, -0.2) is 36.5 Å². The maximum absolute atomic E-state index is 12.6. The minimum atomic E-state index is -0.436. The van der Waals surface area contributed by atoms with Crippen molar-refractivity contribution in [2.75, 3.05) is 19.0 Å². The van der Waals surface area contributed by atoms with Crippen LogP contribution in [0.5, 0.6) is 5.75 Å². The van der Waals surface area contributed by atoms with E-state index < -0.39 is 6.04 Å². The van der Waals surface area contributed by atoms with E-state index in [2.05, 4.69) is 10.6 Å². The number of likely N-dealkylation sites (tertiary alicyclic amines) is 1. The molecule has 0 saturated carbocycles. The number of amides is 3. The smallest absolute Gasteiger partial charge is 0.322 e. The lowest BCUT2D eigenvalue weighted by molar-refractivity contribution is -0.124. The zero-order valence-electron chi connectivity index (χ0n) is 15.7. The molecule has 1 heterocycles. The van der Waals surface area contributed by atoms with Crippen LogP contribution in [0.4, 0.5) is 10.5 Å². The normalized spacial score (nSPS) is 16.1. The average Bonchev–Trinajstić information content (AvgIpc) is 3.18. The molecule has 0 spiro atoms. The Morgan fingerprint density at radius 1 is 1.11 bits per heavy atom. The van der Waals surface area contributed by atoms with E-state index in [1.807, 2.05) is 55.5 Å². The highest BCUT2D eigenvalue weighted by atomic mass is 16.5. The van der Waals surface area contributed by atoms with Gasteiger partial charge in [-0.15, -0.1) is 0 Å². The molecule has 0 bridgehead atoms. The Labute approximate surface area is 159 Å². The molecule has 6 nitrogen and oxygen atoms in total. The maximum Gasteiger partial charge on any atom is 0.322 e. The number of anilines is 1. The van der Waals surface area contributed by atoms with Gasteiger partial charge in [-0.2, -0.15) is 0 Å². The van der Waals surface area contributed by atoms with Crippen LogP contribution in [0, 0.1) is 6.92 Å². The maximum atomic E-state index is 12.6. The third kappa shape index (κ3) is 4.78. The monoisotopic (exact) mass is 367 g/mol. The quantitative estimate of drug-likeness (QED) is 0.852. The molecule has 1 aliphatic rings. The summed E-state index contributed by atoms with van der Waals surface area (Å²) >= 11 is 0. The van der Waals surface area contributed by atoms with E-state index in [-0.39, 0.29) is 11.9 Å². The summed E-state index contributed by atoms with van der Waals surface area (Å²) in [6, 6.07) is 14.5. The van der Waals surface area contributed by atoms with Crippen LogP contribution >= 0.6 is 0 Å². The van der Waals surface area contributed by atoms with E-state index in [9.17, 15) is 9.59 Å². The predicted molar refractivity (Wildman–Crippen MR) is 105 cm³/mol. The second-order valence-corrected chi connectivity index (χ2v) is 6.71. The topological polar surface area (TPSA) is 70.7 Å². The highest BCUT2D eigenvalue weighted by Gasteiger charge is 2.34. The van der Waals surface area contributed by atoms with Crippen LogP contribution in [0.25, 0.3) is 0 Å². The number of hydrogen-bond donors (Lipinski definition) is 2.